The van der Waals surface area contributed by atoms with E-state index in [4.69, 9.17) is 13.8 Å². The molecule has 0 atom stereocenters. The third-order valence-corrected chi connectivity index (χ3v) is 10.9. The van der Waals surface area contributed by atoms with Gasteiger partial charge in [0.25, 0.3) is 0 Å². The van der Waals surface area contributed by atoms with Crippen molar-refractivity contribution in [1.82, 2.24) is 4.98 Å². The van der Waals surface area contributed by atoms with Crippen molar-refractivity contribution < 1.29 is 8.83 Å². The van der Waals surface area contributed by atoms with Crippen molar-refractivity contribution in [1.29, 1.82) is 0 Å². The van der Waals surface area contributed by atoms with Crippen LogP contribution in [0.5, 0.6) is 0 Å². The number of oxazole rings is 1. The van der Waals surface area contributed by atoms with Gasteiger partial charge in [-0.05, 0) is 105 Å². The minimum Gasteiger partial charge on any atom is -0.456 e. The summed E-state index contributed by atoms with van der Waals surface area (Å²) in [7, 11) is 0. The number of rotatable bonds is 7. The Morgan fingerprint density at radius 2 is 0.930 bits per heavy atom. The van der Waals surface area contributed by atoms with Gasteiger partial charge in [-0.15, -0.1) is 0 Å². The van der Waals surface area contributed by atoms with Crippen LogP contribution in [-0.4, -0.2) is 4.98 Å². The van der Waals surface area contributed by atoms with E-state index in [-0.39, 0.29) is 0 Å². The average molecular weight is 731 g/mol. The van der Waals surface area contributed by atoms with Crippen molar-refractivity contribution in [3.05, 3.63) is 206 Å². The minimum absolute atomic E-state index is 0.605. The first-order valence-electron chi connectivity index (χ1n) is 19.2. The van der Waals surface area contributed by atoms with Gasteiger partial charge in [-0.1, -0.05) is 133 Å². The molecule has 0 unspecified atom stereocenters. The fourth-order valence-electron chi connectivity index (χ4n) is 8.01. The zero-order chi connectivity index (χ0) is 37.7. The summed E-state index contributed by atoms with van der Waals surface area (Å²) in [4.78, 5) is 7.12. The molecule has 0 fully saturated rings. The maximum atomic E-state index is 6.45. The molecule has 0 aliphatic rings. The number of para-hydroxylation sites is 1. The third kappa shape index (κ3) is 5.92. The van der Waals surface area contributed by atoms with E-state index in [2.05, 4.69) is 169 Å². The van der Waals surface area contributed by atoms with Crippen LogP contribution in [0.3, 0.4) is 0 Å². The van der Waals surface area contributed by atoms with E-state index < -0.39 is 0 Å². The number of benzene rings is 9. The molecule has 0 bridgehead atoms. The molecule has 2 aromatic heterocycles. The lowest BCUT2D eigenvalue weighted by molar-refractivity contribution is 0.620. The highest BCUT2D eigenvalue weighted by atomic mass is 16.4. The lowest BCUT2D eigenvalue weighted by Crippen LogP contribution is -2.11. The highest BCUT2D eigenvalue weighted by Crippen LogP contribution is 2.43. The molecule has 0 aliphatic carbocycles. The SMILES string of the molecule is c1ccc(-c2ccc(N(c3ccc(-c4ccc5c(c4)oc4cc6nc(-c7ccccc7)oc6cc45)cc3)c3ccccc3-c3ccc4ccccc4c3)cc2)cc1. The summed E-state index contributed by atoms with van der Waals surface area (Å²) >= 11 is 0. The molecule has 4 heteroatoms. The van der Waals surface area contributed by atoms with Crippen LogP contribution in [0.2, 0.25) is 0 Å². The summed E-state index contributed by atoms with van der Waals surface area (Å²) in [5.41, 5.74) is 14.2. The fourth-order valence-corrected chi connectivity index (χ4v) is 8.01. The monoisotopic (exact) mass is 730 g/mol. The number of furan rings is 1. The molecule has 0 saturated heterocycles. The van der Waals surface area contributed by atoms with Gasteiger partial charge in [0.1, 0.15) is 16.7 Å². The van der Waals surface area contributed by atoms with Gasteiger partial charge in [-0.25, -0.2) is 4.98 Å². The van der Waals surface area contributed by atoms with Gasteiger partial charge >= 0.3 is 0 Å². The Kier molecular flexibility index (Phi) is 7.78. The van der Waals surface area contributed by atoms with Crippen LogP contribution in [0.1, 0.15) is 0 Å². The van der Waals surface area contributed by atoms with Crippen LogP contribution < -0.4 is 4.90 Å². The van der Waals surface area contributed by atoms with E-state index in [1.807, 2.05) is 42.5 Å². The van der Waals surface area contributed by atoms with Crippen LogP contribution in [-0.2, 0) is 0 Å². The van der Waals surface area contributed by atoms with Gasteiger partial charge in [0.15, 0.2) is 5.58 Å². The second kappa shape index (κ2) is 13.6. The maximum absolute atomic E-state index is 6.45. The van der Waals surface area contributed by atoms with Gasteiger partial charge < -0.3 is 13.7 Å². The maximum Gasteiger partial charge on any atom is 0.227 e. The largest absolute Gasteiger partial charge is 0.456 e. The number of hydrogen-bond acceptors (Lipinski definition) is 4. The Balaban J connectivity index is 0.973. The second-order valence-electron chi connectivity index (χ2n) is 14.4. The van der Waals surface area contributed by atoms with E-state index in [9.17, 15) is 0 Å². The van der Waals surface area contributed by atoms with Gasteiger partial charge in [-0.3, -0.25) is 0 Å². The fraction of sp³-hybridized carbons (Fsp3) is 0. The van der Waals surface area contributed by atoms with Gasteiger partial charge in [0.05, 0.1) is 5.69 Å². The summed E-state index contributed by atoms with van der Waals surface area (Å²) in [5.74, 6) is 0.605. The molecule has 0 aliphatic heterocycles. The molecule has 268 valence electrons. The molecular formula is C53H34N2O2. The second-order valence-corrected chi connectivity index (χ2v) is 14.4. The van der Waals surface area contributed by atoms with Crippen molar-refractivity contribution in [2.45, 2.75) is 0 Å². The van der Waals surface area contributed by atoms with Gasteiger partial charge in [0, 0.05) is 39.3 Å². The molecule has 0 radical (unpaired) electrons. The van der Waals surface area contributed by atoms with Crippen LogP contribution in [0.15, 0.2) is 215 Å². The normalized spacial score (nSPS) is 11.5. The lowest BCUT2D eigenvalue weighted by atomic mass is 9.98. The molecule has 57 heavy (non-hydrogen) atoms. The minimum atomic E-state index is 0.605. The number of hydrogen-bond donors (Lipinski definition) is 0. The van der Waals surface area contributed by atoms with Gasteiger partial charge in [-0.2, -0.15) is 0 Å². The first-order valence-corrected chi connectivity index (χ1v) is 19.2. The molecule has 0 spiro atoms. The Labute approximate surface area is 329 Å². The zero-order valence-corrected chi connectivity index (χ0v) is 30.8. The summed E-state index contributed by atoms with van der Waals surface area (Å²) in [6.45, 7) is 0. The standard InChI is InChI=1S/C53H34N2O2/c1-3-11-35(12-4-1)37-21-26-43(27-22-37)55(49-18-10-9-17-45(49)42-20-19-36-13-7-8-16-40(36)31-42)44-28-23-38(24-29-44)41-25-30-46-47-33-52-48(34-51(47)56-50(46)32-41)54-53(57-52)39-14-5-2-6-15-39/h1-34H. The molecule has 0 N–H and O–H groups in total. The summed E-state index contributed by atoms with van der Waals surface area (Å²) in [6.07, 6.45) is 0. The Morgan fingerprint density at radius 3 is 1.68 bits per heavy atom. The lowest BCUT2D eigenvalue weighted by Gasteiger charge is -2.28. The quantitative estimate of drug-likeness (QED) is 0.164. The highest BCUT2D eigenvalue weighted by molar-refractivity contribution is 6.09. The average Bonchev–Trinajstić information content (AvgIpc) is 3.87. The first-order chi connectivity index (χ1) is 28.2. The molecule has 2 heterocycles. The molecule has 4 nitrogen and oxygen atoms in total. The first kappa shape index (κ1) is 32.7. The number of anilines is 3. The van der Waals surface area contributed by atoms with Crippen LogP contribution in [0.4, 0.5) is 17.1 Å². The predicted molar refractivity (Wildman–Crippen MR) is 235 cm³/mol. The number of nitrogens with zero attached hydrogens (tertiary/aromatic N) is 2. The molecule has 11 aromatic rings. The smallest absolute Gasteiger partial charge is 0.227 e. The van der Waals surface area contributed by atoms with Crippen LogP contribution >= 0.6 is 0 Å². The van der Waals surface area contributed by atoms with Crippen LogP contribution in [0, 0.1) is 0 Å². The molecular weight excluding hydrogens is 697 g/mol. The Bertz CT molecular complexity index is 3220. The summed E-state index contributed by atoms with van der Waals surface area (Å²) in [5, 5.41) is 4.50. The zero-order valence-electron chi connectivity index (χ0n) is 30.8. The van der Waals surface area contributed by atoms with E-state index in [1.54, 1.807) is 0 Å². The summed E-state index contributed by atoms with van der Waals surface area (Å²) < 4.78 is 12.6. The molecule has 11 rings (SSSR count). The molecule has 0 amide bonds. The highest BCUT2D eigenvalue weighted by Gasteiger charge is 2.19. The van der Waals surface area contributed by atoms with Crippen molar-refractivity contribution in [2.75, 3.05) is 4.90 Å². The van der Waals surface area contributed by atoms with E-state index >= 15 is 0 Å². The van der Waals surface area contributed by atoms with Crippen LogP contribution in [0.25, 0.3) is 88.6 Å². The van der Waals surface area contributed by atoms with E-state index in [0.717, 1.165) is 72.4 Å². The molecule has 9 aromatic carbocycles. The van der Waals surface area contributed by atoms with E-state index in [0.29, 0.717) is 5.89 Å². The topological polar surface area (TPSA) is 42.4 Å². The van der Waals surface area contributed by atoms with Crippen molar-refractivity contribution in [2.24, 2.45) is 0 Å². The predicted octanol–water partition coefficient (Wildman–Crippen LogP) is 15.0. The van der Waals surface area contributed by atoms with Crippen molar-refractivity contribution >= 4 is 60.9 Å². The summed E-state index contributed by atoms with van der Waals surface area (Å²) in [6, 6.07) is 72.6. The third-order valence-electron chi connectivity index (χ3n) is 10.9. The van der Waals surface area contributed by atoms with E-state index in [1.165, 1.54) is 27.5 Å². The van der Waals surface area contributed by atoms with Gasteiger partial charge in [0.2, 0.25) is 5.89 Å². The molecule has 0 saturated carbocycles. The van der Waals surface area contributed by atoms with Crippen molar-refractivity contribution in [3.63, 3.8) is 0 Å². The Hall–Kier alpha value is -7.69. The Morgan fingerprint density at radius 1 is 0.351 bits per heavy atom. The number of fused-ring (bicyclic) bond motifs is 5. The number of aromatic nitrogens is 1. The van der Waals surface area contributed by atoms with Crippen molar-refractivity contribution in [3.8, 4) is 44.8 Å².